The summed E-state index contributed by atoms with van der Waals surface area (Å²) < 4.78 is 38.3. The molecule has 21 heavy (non-hydrogen) atoms. The van der Waals surface area contributed by atoms with Crippen LogP contribution in [0.25, 0.3) is 10.4 Å². The van der Waals surface area contributed by atoms with Crippen LogP contribution in [0.4, 0.5) is 13.2 Å². The van der Waals surface area contributed by atoms with Crippen molar-refractivity contribution in [3.63, 3.8) is 0 Å². The van der Waals surface area contributed by atoms with Gasteiger partial charge in [0.25, 0.3) is 0 Å². The summed E-state index contributed by atoms with van der Waals surface area (Å²) in [5, 5.41) is 3.38. The Hall–Kier alpha value is -1.33. The van der Waals surface area contributed by atoms with Crippen LogP contribution in [0.2, 0.25) is 0 Å². The standard InChI is InChI=1S/C16H18F3NS/c1-3-13(20-4-2)15-9-8-14(21-15)11-6-5-7-12(10-11)16(17,18)19/h5-10,13,20H,3-4H2,1-2H3. The van der Waals surface area contributed by atoms with Crippen LogP contribution in [-0.2, 0) is 6.18 Å². The SMILES string of the molecule is CCNC(CC)c1ccc(-c2cccc(C(F)(F)F)c2)s1. The van der Waals surface area contributed by atoms with E-state index in [-0.39, 0.29) is 6.04 Å². The average molecular weight is 313 g/mol. The van der Waals surface area contributed by atoms with E-state index in [0.29, 0.717) is 5.56 Å². The molecule has 0 spiro atoms. The molecule has 114 valence electrons. The van der Waals surface area contributed by atoms with Gasteiger partial charge in [-0.05, 0) is 42.8 Å². The number of benzene rings is 1. The van der Waals surface area contributed by atoms with Gasteiger partial charge in [-0.3, -0.25) is 0 Å². The van der Waals surface area contributed by atoms with Gasteiger partial charge in [0.05, 0.1) is 5.56 Å². The van der Waals surface area contributed by atoms with E-state index in [1.54, 1.807) is 17.4 Å². The van der Waals surface area contributed by atoms with Crippen LogP contribution in [0.3, 0.4) is 0 Å². The number of nitrogens with one attached hydrogen (secondary N) is 1. The summed E-state index contributed by atoms with van der Waals surface area (Å²) in [7, 11) is 0. The predicted octanol–water partition coefficient (Wildman–Crippen LogP) is 5.49. The molecule has 2 rings (SSSR count). The molecule has 0 fully saturated rings. The summed E-state index contributed by atoms with van der Waals surface area (Å²) in [4.78, 5) is 2.03. The third kappa shape index (κ3) is 3.86. The highest BCUT2D eigenvalue weighted by Gasteiger charge is 2.30. The van der Waals surface area contributed by atoms with E-state index >= 15 is 0 Å². The smallest absolute Gasteiger partial charge is 0.310 e. The first-order valence-electron chi connectivity index (χ1n) is 6.96. The molecular formula is C16H18F3NS. The molecule has 5 heteroatoms. The topological polar surface area (TPSA) is 12.0 Å². The highest BCUT2D eigenvalue weighted by atomic mass is 32.1. The van der Waals surface area contributed by atoms with E-state index in [4.69, 9.17) is 0 Å². The van der Waals surface area contributed by atoms with Gasteiger partial charge < -0.3 is 5.32 Å². The fourth-order valence-electron chi connectivity index (χ4n) is 2.24. The molecule has 0 aliphatic heterocycles. The van der Waals surface area contributed by atoms with E-state index in [0.717, 1.165) is 28.8 Å². The first-order valence-corrected chi connectivity index (χ1v) is 7.78. The molecule has 2 aromatic rings. The van der Waals surface area contributed by atoms with Gasteiger partial charge >= 0.3 is 6.18 Å². The number of rotatable bonds is 5. The third-order valence-corrected chi connectivity index (χ3v) is 4.55. The molecular weight excluding hydrogens is 295 g/mol. The Morgan fingerprint density at radius 3 is 2.52 bits per heavy atom. The van der Waals surface area contributed by atoms with Gasteiger partial charge in [0.15, 0.2) is 0 Å². The lowest BCUT2D eigenvalue weighted by atomic mass is 10.1. The molecule has 1 heterocycles. The maximum absolute atomic E-state index is 12.8. The summed E-state index contributed by atoms with van der Waals surface area (Å²) in [5.74, 6) is 0. The molecule has 1 N–H and O–H groups in total. The zero-order valence-corrected chi connectivity index (χ0v) is 12.8. The quantitative estimate of drug-likeness (QED) is 0.769. The Bertz CT molecular complexity index is 589. The number of hydrogen-bond acceptors (Lipinski definition) is 2. The second-order valence-electron chi connectivity index (χ2n) is 4.80. The zero-order valence-electron chi connectivity index (χ0n) is 12.0. The highest BCUT2D eigenvalue weighted by Crippen LogP contribution is 2.36. The minimum atomic E-state index is -4.30. The third-order valence-electron chi connectivity index (χ3n) is 3.30. The van der Waals surface area contributed by atoms with Gasteiger partial charge in [0.2, 0.25) is 0 Å². The molecule has 0 saturated carbocycles. The minimum Gasteiger partial charge on any atom is -0.310 e. The van der Waals surface area contributed by atoms with Crippen LogP contribution in [0.5, 0.6) is 0 Å². The van der Waals surface area contributed by atoms with Gasteiger partial charge in [0, 0.05) is 15.8 Å². The van der Waals surface area contributed by atoms with Crippen LogP contribution in [0.1, 0.15) is 36.8 Å². The summed E-state index contributed by atoms with van der Waals surface area (Å²) in [6, 6.07) is 9.65. The van der Waals surface area contributed by atoms with Gasteiger partial charge in [-0.25, -0.2) is 0 Å². The Balaban J connectivity index is 2.29. The van der Waals surface area contributed by atoms with Crippen LogP contribution < -0.4 is 5.32 Å². The molecule has 0 aliphatic rings. The molecule has 1 aromatic heterocycles. The normalized spacial score (nSPS) is 13.4. The lowest BCUT2D eigenvalue weighted by Gasteiger charge is -2.13. The zero-order chi connectivity index (χ0) is 15.5. The predicted molar refractivity (Wildman–Crippen MR) is 81.5 cm³/mol. The van der Waals surface area contributed by atoms with Crippen LogP contribution in [0, 0.1) is 0 Å². The number of thiophene rings is 1. The molecule has 1 unspecified atom stereocenters. The van der Waals surface area contributed by atoms with Crippen molar-refractivity contribution in [2.45, 2.75) is 32.5 Å². The lowest BCUT2D eigenvalue weighted by Crippen LogP contribution is -2.18. The Morgan fingerprint density at radius 1 is 1.14 bits per heavy atom. The van der Waals surface area contributed by atoms with Crippen molar-refractivity contribution in [1.29, 1.82) is 0 Å². The van der Waals surface area contributed by atoms with Gasteiger partial charge in [0.1, 0.15) is 0 Å². The van der Waals surface area contributed by atoms with Crippen molar-refractivity contribution in [3.8, 4) is 10.4 Å². The maximum atomic E-state index is 12.8. The first kappa shape index (κ1) is 16.0. The number of halogens is 3. The maximum Gasteiger partial charge on any atom is 0.416 e. The molecule has 0 radical (unpaired) electrons. The van der Waals surface area contributed by atoms with E-state index in [2.05, 4.69) is 12.2 Å². The van der Waals surface area contributed by atoms with Crippen molar-refractivity contribution in [3.05, 3.63) is 46.8 Å². The van der Waals surface area contributed by atoms with Gasteiger partial charge in [-0.2, -0.15) is 13.2 Å². The summed E-state index contributed by atoms with van der Waals surface area (Å²) in [6.45, 7) is 5.01. The molecule has 0 amide bonds. The van der Waals surface area contributed by atoms with Crippen LogP contribution in [0.15, 0.2) is 36.4 Å². The van der Waals surface area contributed by atoms with Crippen molar-refractivity contribution < 1.29 is 13.2 Å². The largest absolute Gasteiger partial charge is 0.416 e. The van der Waals surface area contributed by atoms with Crippen molar-refractivity contribution in [2.24, 2.45) is 0 Å². The van der Waals surface area contributed by atoms with E-state index in [1.165, 1.54) is 12.1 Å². The first-order chi connectivity index (χ1) is 9.95. The number of alkyl halides is 3. The van der Waals surface area contributed by atoms with Gasteiger partial charge in [-0.1, -0.05) is 26.0 Å². The Kier molecular flexibility index (Phi) is 5.06. The molecule has 1 nitrogen and oxygen atoms in total. The summed E-state index contributed by atoms with van der Waals surface area (Å²) in [6.07, 6.45) is -3.35. The van der Waals surface area contributed by atoms with E-state index < -0.39 is 11.7 Å². The van der Waals surface area contributed by atoms with Crippen molar-refractivity contribution in [2.75, 3.05) is 6.54 Å². The van der Waals surface area contributed by atoms with E-state index in [1.807, 2.05) is 19.1 Å². The van der Waals surface area contributed by atoms with E-state index in [9.17, 15) is 13.2 Å². The monoisotopic (exact) mass is 313 g/mol. The highest BCUT2D eigenvalue weighted by molar-refractivity contribution is 7.15. The molecule has 1 atom stereocenters. The minimum absolute atomic E-state index is 0.263. The average Bonchev–Trinajstić information content (AvgIpc) is 2.93. The Morgan fingerprint density at radius 2 is 1.90 bits per heavy atom. The molecule has 0 bridgehead atoms. The van der Waals surface area contributed by atoms with Crippen LogP contribution in [-0.4, -0.2) is 6.54 Å². The van der Waals surface area contributed by atoms with Crippen LogP contribution >= 0.6 is 11.3 Å². The number of hydrogen-bond donors (Lipinski definition) is 1. The lowest BCUT2D eigenvalue weighted by molar-refractivity contribution is -0.137. The van der Waals surface area contributed by atoms with Crippen molar-refractivity contribution in [1.82, 2.24) is 5.32 Å². The summed E-state index contributed by atoms with van der Waals surface area (Å²) in [5.41, 5.74) is 0.0149. The second-order valence-corrected chi connectivity index (χ2v) is 5.91. The molecule has 0 saturated heterocycles. The Labute approximate surface area is 126 Å². The van der Waals surface area contributed by atoms with Crippen molar-refractivity contribution >= 4 is 11.3 Å². The molecule has 1 aromatic carbocycles. The fourth-order valence-corrected chi connectivity index (χ4v) is 3.40. The summed E-state index contributed by atoms with van der Waals surface area (Å²) >= 11 is 1.55. The van der Waals surface area contributed by atoms with Gasteiger partial charge in [-0.15, -0.1) is 11.3 Å². The fraction of sp³-hybridized carbons (Fsp3) is 0.375. The second kappa shape index (κ2) is 6.62. The molecule has 0 aliphatic carbocycles.